The van der Waals surface area contributed by atoms with E-state index in [9.17, 15) is 0 Å². The third-order valence-electron chi connectivity index (χ3n) is 3.40. The molecule has 2 heterocycles. The van der Waals surface area contributed by atoms with Gasteiger partial charge in [-0.2, -0.15) is 0 Å². The Morgan fingerprint density at radius 2 is 2.47 bits per heavy atom. The molecule has 2 rings (SSSR count). The minimum absolute atomic E-state index is 0.792. The molecule has 0 aromatic carbocycles. The van der Waals surface area contributed by atoms with Crippen molar-refractivity contribution in [3.05, 3.63) is 11.9 Å². The third kappa shape index (κ3) is 3.78. The summed E-state index contributed by atoms with van der Waals surface area (Å²) in [6, 6.07) is 0. The van der Waals surface area contributed by atoms with Crippen LogP contribution in [0.2, 0.25) is 0 Å². The van der Waals surface area contributed by atoms with E-state index in [0.717, 1.165) is 31.2 Å². The largest absolute Gasteiger partial charge is 0.316 e. The van der Waals surface area contributed by atoms with Gasteiger partial charge in [0.25, 0.3) is 0 Å². The minimum atomic E-state index is 0.792. The van der Waals surface area contributed by atoms with E-state index >= 15 is 0 Å². The van der Waals surface area contributed by atoms with Crippen LogP contribution in [0.4, 0.5) is 0 Å². The van der Waals surface area contributed by atoms with Gasteiger partial charge < -0.3 is 5.32 Å². The first kappa shape index (κ1) is 12.5. The van der Waals surface area contributed by atoms with Gasteiger partial charge in [-0.05, 0) is 38.4 Å². The number of aromatic nitrogens is 3. The molecule has 0 bridgehead atoms. The van der Waals surface area contributed by atoms with Crippen LogP contribution in [0.25, 0.3) is 0 Å². The first-order valence-corrected chi connectivity index (χ1v) is 6.56. The highest BCUT2D eigenvalue weighted by molar-refractivity contribution is 4.91. The smallest absolute Gasteiger partial charge is 0.0966 e. The molecule has 0 saturated carbocycles. The number of hydrogen-bond acceptors (Lipinski definition) is 4. The van der Waals surface area contributed by atoms with Crippen molar-refractivity contribution in [2.24, 2.45) is 13.0 Å². The highest BCUT2D eigenvalue weighted by Crippen LogP contribution is 2.13. The molecule has 1 aromatic rings. The van der Waals surface area contributed by atoms with Gasteiger partial charge in [-0.15, -0.1) is 5.10 Å². The van der Waals surface area contributed by atoms with Gasteiger partial charge in [-0.3, -0.25) is 9.58 Å². The molecule has 0 amide bonds. The Kier molecular flexibility index (Phi) is 4.50. The summed E-state index contributed by atoms with van der Waals surface area (Å²) >= 11 is 0. The van der Waals surface area contributed by atoms with Gasteiger partial charge in [0, 0.05) is 26.3 Å². The van der Waals surface area contributed by atoms with Crippen LogP contribution in [0.15, 0.2) is 6.20 Å². The van der Waals surface area contributed by atoms with Crippen molar-refractivity contribution in [2.45, 2.75) is 26.3 Å². The Morgan fingerprint density at radius 3 is 3.06 bits per heavy atom. The second-order valence-corrected chi connectivity index (χ2v) is 4.92. The molecule has 1 saturated heterocycles. The molecule has 1 aliphatic heterocycles. The number of nitrogens with one attached hydrogen (secondary N) is 1. The summed E-state index contributed by atoms with van der Waals surface area (Å²) in [5, 5.41) is 11.6. The van der Waals surface area contributed by atoms with Gasteiger partial charge in [-0.25, -0.2) is 0 Å². The molecule has 0 aliphatic carbocycles. The molecule has 96 valence electrons. The van der Waals surface area contributed by atoms with Crippen molar-refractivity contribution in [3.63, 3.8) is 0 Å². The van der Waals surface area contributed by atoms with Gasteiger partial charge in [0.1, 0.15) is 0 Å². The van der Waals surface area contributed by atoms with Crippen LogP contribution in [0.1, 0.15) is 25.5 Å². The Hall–Kier alpha value is -0.940. The van der Waals surface area contributed by atoms with E-state index < -0.39 is 0 Å². The molecule has 0 radical (unpaired) electrons. The fourth-order valence-electron chi connectivity index (χ4n) is 2.45. The minimum Gasteiger partial charge on any atom is -0.316 e. The summed E-state index contributed by atoms with van der Waals surface area (Å²) in [4.78, 5) is 2.46. The zero-order chi connectivity index (χ0) is 12.1. The number of piperidine rings is 1. The lowest BCUT2D eigenvalue weighted by atomic mass is 9.99. The van der Waals surface area contributed by atoms with Gasteiger partial charge in [0.05, 0.1) is 5.69 Å². The van der Waals surface area contributed by atoms with Crippen molar-refractivity contribution in [1.82, 2.24) is 25.2 Å². The van der Waals surface area contributed by atoms with Crippen LogP contribution < -0.4 is 5.32 Å². The van der Waals surface area contributed by atoms with Crippen LogP contribution in [0, 0.1) is 5.92 Å². The summed E-state index contributed by atoms with van der Waals surface area (Å²) in [7, 11) is 1.91. The zero-order valence-electron chi connectivity index (χ0n) is 10.9. The SMILES string of the molecule is CCN(Cc1cn(C)nn1)CC1CCCNC1. The second kappa shape index (κ2) is 6.12. The summed E-state index contributed by atoms with van der Waals surface area (Å²) in [5.41, 5.74) is 1.07. The third-order valence-corrected chi connectivity index (χ3v) is 3.40. The van der Waals surface area contributed by atoms with Crippen molar-refractivity contribution < 1.29 is 0 Å². The van der Waals surface area contributed by atoms with E-state index in [-0.39, 0.29) is 0 Å². The van der Waals surface area contributed by atoms with E-state index in [2.05, 4.69) is 27.5 Å². The molecule has 0 spiro atoms. The van der Waals surface area contributed by atoms with E-state index in [1.165, 1.54) is 25.9 Å². The number of hydrogen-bond donors (Lipinski definition) is 1. The van der Waals surface area contributed by atoms with Crippen molar-refractivity contribution in [2.75, 3.05) is 26.2 Å². The van der Waals surface area contributed by atoms with Crippen LogP contribution in [-0.2, 0) is 13.6 Å². The fourth-order valence-corrected chi connectivity index (χ4v) is 2.45. The Bertz CT molecular complexity index is 329. The lowest BCUT2D eigenvalue weighted by Gasteiger charge is -2.28. The maximum absolute atomic E-state index is 4.15. The van der Waals surface area contributed by atoms with E-state index in [1.807, 2.05) is 13.2 Å². The predicted molar refractivity (Wildman–Crippen MR) is 67.5 cm³/mol. The van der Waals surface area contributed by atoms with Gasteiger partial charge in [-0.1, -0.05) is 12.1 Å². The zero-order valence-corrected chi connectivity index (χ0v) is 10.9. The lowest BCUT2D eigenvalue weighted by molar-refractivity contribution is 0.208. The molecule has 1 fully saturated rings. The highest BCUT2D eigenvalue weighted by Gasteiger charge is 2.16. The molecule has 17 heavy (non-hydrogen) atoms. The Balaban J connectivity index is 1.83. The molecular weight excluding hydrogens is 214 g/mol. The molecule has 1 N–H and O–H groups in total. The predicted octanol–water partition coefficient (Wildman–Crippen LogP) is 0.637. The molecule has 1 unspecified atom stereocenters. The standard InChI is InChI=1S/C12H23N5/c1-3-17(8-11-5-4-6-13-7-11)10-12-9-16(2)15-14-12/h9,11,13H,3-8,10H2,1-2H3. The molecule has 5 nitrogen and oxygen atoms in total. The Labute approximate surface area is 103 Å². The number of aryl methyl sites for hydroxylation is 1. The monoisotopic (exact) mass is 237 g/mol. The molecule has 1 aliphatic rings. The number of rotatable bonds is 5. The first-order valence-electron chi connectivity index (χ1n) is 6.56. The maximum Gasteiger partial charge on any atom is 0.0966 e. The molecular formula is C12H23N5. The van der Waals surface area contributed by atoms with Gasteiger partial charge in [0.15, 0.2) is 0 Å². The normalized spacial score (nSPS) is 21.0. The molecule has 1 atom stereocenters. The number of nitrogens with zero attached hydrogens (tertiary/aromatic N) is 4. The average molecular weight is 237 g/mol. The summed E-state index contributed by atoms with van der Waals surface area (Å²) in [6.45, 7) is 7.73. The van der Waals surface area contributed by atoms with E-state index in [0.29, 0.717) is 0 Å². The quantitative estimate of drug-likeness (QED) is 0.816. The van der Waals surface area contributed by atoms with Crippen LogP contribution in [0.3, 0.4) is 0 Å². The Morgan fingerprint density at radius 1 is 1.59 bits per heavy atom. The van der Waals surface area contributed by atoms with E-state index in [1.54, 1.807) is 4.68 Å². The highest BCUT2D eigenvalue weighted by atomic mass is 15.4. The fraction of sp³-hybridized carbons (Fsp3) is 0.833. The van der Waals surface area contributed by atoms with Crippen molar-refractivity contribution >= 4 is 0 Å². The summed E-state index contributed by atoms with van der Waals surface area (Å²) in [5.74, 6) is 0.792. The van der Waals surface area contributed by atoms with Crippen molar-refractivity contribution in [1.29, 1.82) is 0 Å². The molecule has 1 aromatic heterocycles. The summed E-state index contributed by atoms with van der Waals surface area (Å²) < 4.78 is 1.77. The van der Waals surface area contributed by atoms with Crippen molar-refractivity contribution in [3.8, 4) is 0 Å². The van der Waals surface area contributed by atoms with Gasteiger partial charge >= 0.3 is 0 Å². The topological polar surface area (TPSA) is 46.0 Å². The summed E-state index contributed by atoms with van der Waals surface area (Å²) in [6.07, 6.45) is 4.67. The van der Waals surface area contributed by atoms with Crippen LogP contribution in [0.5, 0.6) is 0 Å². The average Bonchev–Trinajstić information content (AvgIpc) is 2.75. The van der Waals surface area contributed by atoms with Crippen LogP contribution >= 0.6 is 0 Å². The second-order valence-electron chi connectivity index (χ2n) is 4.92. The molecule has 5 heteroatoms. The lowest BCUT2D eigenvalue weighted by Crippen LogP contribution is -2.38. The van der Waals surface area contributed by atoms with Gasteiger partial charge in [0.2, 0.25) is 0 Å². The van der Waals surface area contributed by atoms with Crippen LogP contribution in [-0.4, -0.2) is 46.1 Å². The maximum atomic E-state index is 4.15. The first-order chi connectivity index (χ1) is 8.28. The van der Waals surface area contributed by atoms with E-state index in [4.69, 9.17) is 0 Å².